The van der Waals surface area contributed by atoms with E-state index in [1.54, 1.807) is 19.2 Å². The van der Waals surface area contributed by atoms with Gasteiger partial charge in [0, 0.05) is 0 Å². The largest absolute Gasteiger partial charge is 0.496 e. The predicted molar refractivity (Wildman–Crippen MR) is 101 cm³/mol. The van der Waals surface area contributed by atoms with Crippen LogP contribution in [0.3, 0.4) is 0 Å². The lowest BCUT2D eigenvalue weighted by molar-refractivity contribution is 0.327. The molecule has 6 nitrogen and oxygen atoms in total. The van der Waals surface area contributed by atoms with Crippen LogP contribution in [-0.2, 0) is 23.1 Å². The number of benzene rings is 2. The van der Waals surface area contributed by atoms with Crippen LogP contribution in [0.4, 0.5) is 0 Å². The maximum absolute atomic E-state index is 11.3. The quantitative estimate of drug-likeness (QED) is 0.761. The number of hydrogen-bond acceptors (Lipinski definition) is 5. The zero-order valence-corrected chi connectivity index (χ0v) is 16.4. The first-order valence-corrected chi connectivity index (χ1v) is 9.82. The predicted octanol–water partition coefficient (Wildman–Crippen LogP) is 3.08. The van der Waals surface area contributed by atoms with Crippen LogP contribution >= 0.6 is 0 Å². The molecule has 2 aromatic rings. The van der Waals surface area contributed by atoms with Crippen molar-refractivity contribution < 1.29 is 22.1 Å². The smallest absolute Gasteiger partial charge is 0.380 e. The Labute approximate surface area is 155 Å². The summed E-state index contributed by atoms with van der Waals surface area (Å²) in [6.07, 6.45) is 1.49. The molecule has 0 saturated carbocycles. The van der Waals surface area contributed by atoms with Crippen molar-refractivity contribution in [2.75, 3.05) is 13.7 Å². The minimum atomic E-state index is -4.12. The van der Waals surface area contributed by atoms with E-state index < -0.39 is 10.3 Å². The van der Waals surface area contributed by atoms with E-state index in [4.69, 9.17) is 18.8 Å². The van der Waals surface area contributed by atoms with Crippen LogP contribution in [0, 0.1) is 13.8 Å². The van der Waals surface area contributed by atoms with Gasteiger partial charge in [0.05, 0.1) is 13.7 Å². The molecule has 0 radical (unpaired) electrons. The van der Waals surface area contributed by atoms with Crippen molar-refractivity contribution >= 4 is 10.3 Å². The van der Waals surface area contributed by atoms with Gasteiger partial charge in [-0.15, -0.1) is 0 Å². The molecule has 0 aromatic heterocycles. The molecule has 0 aliphatic heterocycles. The Morgan fingerprint density at radius 2 is 1.62 bits per heavy atom. The van der Waals surface area contributed by atoms with E-state index in [2.05, 4.69) is 13.0 Å². The Bertz CT molecular complexity index is 878. The molecule has 0 saturated heterocycles. The van der Waals surface area contributed by atoms with Gasteiger partial charge < -0.3 is 13.7 Å². The highest BCUT2D eigenvalue weighted by Crippen LogP contribution is 2.30. The summed E-state index contributed by atoms with van der Waals surface area (Å²) >= 11 is 0. The highest BCUT2D eigenvalue weighted by Gasteiger charge is 2.13. The normalized spacial score (nSPS) is 11.3. The molecule has 0 fully saturated rings. The molecule has 142 valence electrons. The maximum Gasteiger partial charge on any atom is 0.380 e. The number of aryl methyl sites for hydroxylation is 3. The molecule has 0 atom stereocenters. The molecular formula is C19H25NO5S. The molecule has 0 amide bonds. The molecule has 0 heterocycles. The van der Waals surface area contributed by atoms with E-state index in [0.717, 1.165) is 28.9 Å². The van der Waals surface area contributed by atoms with Crippen molar-refractivity contribution in [3.05, 3.63) is 52.6 Å². The van der Waals surface area contributed by atoms with Gasteiger partial charge in [0.2, 0.25) is 0 Å². The van der Waals surface area contributed by atoms with Crippen LogP contribution in [0.25, 0.3) is 0 Å². The molecule has 0 aliphatic carbocycles. The number of rotatable bonds is 8. The Balaban J connectivity index is 2.22. The Kier molecular flexibility index (Phi) is 6.50. The summed E-state index contributed by atoms with van der Waals surface area (Å²) in [4.78, 5) is 0. The van der Waals surface area contributed by atoms with E-state index in [1.165, 1.54) is 5.56 Å². The fourth-order valence-corrected chi connectivity index (χ4v) is 3.10. The Morgan fingerprint density at radius 1 is 0.962 bits per heavy atom. The van der Waals surface area contributed by atoms with Crippen LogP contribution in [0.2, 0.25) is 0 Å². The average molecular weight is 379 g/mol. The number of methoxy groups -OCH3 is 1. The van der Waals surface area contributed by atoms with Gasteiger partial charge in [0.15, 0.2) is 11.5 Å². The fraction of sp³-hybridized carbons (Fsp3) is 0.368. The summed E-state index contributed by atoms with van der Waals surface area (Å²) in [5.74, 6) is 1.31. The van der Waals surface area contributed by atoms with Crippen LogP contribution in [0.1, 0.15) is 29.2 Å². The van der Waals surface area contributed by atoms with Gasteiger partial charge in [-0.3, -0.25) is 0 Å². The summed E-state index contributed by atoms with van der Waals surface area (Å²) in [5, 5.41) is 4.99. The number of hydrogen-bond donors (Lipinski definition) is 1. The molecule has 7 heteroatoms. The van der Waals surface area contributed by atoms with Crippen molar-refractivity contribution in [3.63, 3.8) is 0 Å². The SMILES string of the molecule is CCOc1ccc(CCc2cc(C)c(C)c(OC)c2)cc1OS(N)(=O)=O. The van der Waals surface area contributed by atoms with Gasteiger partial charge in [0.25, 0.3) is 0 Å². The van der Waals surface area contributed by atoms with Crippen LogP contribution < -0.4 is 18.8 Å². The lowest BCUT2D eigenvalue weighted by Crippen LogP contribution is -2.19. The van der Waals surface area contributed by atoms with Crippen molar-refractivity contribution in [3.8, 4) is 17.2 Å². The first-order chi connectivity index (χ1) is 12.2. The first-order valence-electron chi connectivity index (χ1n) is 8.35. The second-order valence-corrected chi connectivity index (χ2v) is 7.18. The summed E-state index contributed by atoms with van der Waals surface area (Å²) in [6.45, 7) is 6.28. The Hall–Kier alpha value is -2.25. The third-order valence-corrected chi connectivity index (χ3v) is 4.53. The van der Waals surface area contributed by atoms with Gasteiger partial charge in [-0.2, -0.15) is 13.6 Å². The van der Waals surface area contributed by atoms with Crippen LogP contribution in [0.15, 0.2) is 30.3 Å². The van der Waals surface area contributed by atoms with Gasteiger partial charge in [-0.1, -0.05) is 12.1 Å². The molecule has 0 bridgehead atoms. The number of ether oxygens (including phenoxy) is 2. The third-order valence-electron chi connectivity index (χ3n) is 4.12. The molecule has 2 aromatic carbocycles. The van der Waals surface area contributed by atoms with Crippen molar-refractivity contribution in [2.45, 2.75) is 33.6 Å². The molecule has 2 N–H and O–H groups in total. The van der Waals surface area contributed by atoms with Crippen LogP contribution in [0.5, 0.6) is 17.2 Å². The molecule has 2 rings (SSSR count). The van der Waals surface area contributed by atoms with Crippen molar-refractivity contribution in [1.29, 1.82) is 0 Å². The standard InChI is InChI=1S/C19H25NO5S/c1-5-24-17-9-8-15(11-19(17)25-26(20,21)22)6-7-16-10-13(2)14(3)18(12-16)23-4/h8-12H,5-7H2,1-4H3,(H2,20,21,22). The van der Waals surface area contributed by atoms with Gasteiger partial charge in [0.1, 0.15) is 5.75 Å². The van der Waals surface area contributed by atoms with E-state index in [9.17, 15) is 8.42 Å². The van der Waals surface area contributed by atoms with Crippen molar-refractivity contribution in [1.82, 2.24) is 0 Å². The van der Waals surface area contributed by atoms with Gasteiger partial charge in [-0.25, -0.2) is 0 Å². The molecule has 0 spiro atoms. The maximum atomic E-state index is 11.3. The zero-order chi connectivity index (χ0) is 19.3. The molecular weight excluding hydrogens is 354 g/mol. The molecule has 26 heavy (non-hydrogen) atoms. The summed E-state index contributed by atoms with van der Waals surface area (Å²) < 4.78 is 38.2. The summed E-state index contributed by atoms with van der Waals surface area (Å²) in [6, 6.07) is 9.39. The molecule has 0 unspecified atom stereocenters. The minimum Gasteiger partial charge on any atom is -0.496 e. The average Bonchev–Trinajstić information content (AvgIpc) is 2.56. The van der Waals surface area contributed by atoms with E-state index >= 15 is 0 Å². The summed E-state index contributed by atoms with van der Waals surface area (Å²) in [5.41, 5.74) is 4.36. The van der Waals surface area contributed by atoms with E-state index in [0.29, 0.717) is 18.8 Å². The zero-order valence-electron chi connectivity index (χ0n) is 15.5. The lowest BCUT2D eigenvalue weighted by Gasteiger charge is -2.13. The van der Waals surface area contributed by atoms with E-state index in [-0.39, 0.29) is 5.75 Å². The first kappa shape index (κ1) is 20.1. The lowest BCUT2D eigenvalue weighted by atomic mass is 9.99. The monoisotopic (exact) mass is 379 g/mol. The Morgan fingerprint density at radius 3 is 2.23 bits per heavy atom. The highest BCUT2D eigenvalue weighted by atomic mass is 32.2. The van der Waals surface area contributed by atoms with Gasteiger partial charge in [-0.05, 0) is 74.1 Å². The minimum absolute atomic E-state index is 0.101. The third kappa shape index (κ3) is 5.37. The fourth-order valence-electron chi connectivity index (χ4n) is 2.72. The summed E-state index contributed by atoms with van der Waals surface area (Å²) in [7, 11) is -2.46. The highest BCUT2D eigenvalue weighted by molar-refractivity contribution is 7.84. The topological polar surface area (TPSA) is 87.8 Å². The van der Waals surface area contributed by atoms with Crippen LogP contribution in [-0.4, -0.2) is 22.1 Å². The van der Waals surface area contributed by atoms with Gasteiger partial charge >= 0.3 is 10.3 Å². The second-order valence-electron chi connectivity index (χ2n) is 6.03. The number of nitrogens with two attached hydrogens (primary N) is 1. The molecule has 0 aliphatic rings. The second kappa shape index (κ2) is 8.42. The van der Waals surface area contributed by atoms with Crippen molar-refractivity contribution in [2.24, 2.45) is 5.14 Å². The van der Waals surface area contributed by atoms with E-state index in [1.807, 2.05) is 26.0 Å².